The predicted octanol–water partition coefficient (Wildman–Crippen LogP) is 1.41. The maximum Gasteiger partial charge on any atom is 0.238 e. The molecule has 19 heavy (non-hydrogen) atoms. The monoisotopic (exact) mass is 286 g/mol. The van der Waals surface area contributed by atoms with Crippen LogP contribution in [0.1, 0.15) is 31.9 Å². The van der Waals surface area contributed by atoms with Gasteiger partial charge in [-0.2, -0.15) is 0 Å². The Balaban J connectivity index is 2.55. The van der Waals surface area contributed by atoms with E-state index in [1.807, 2.05) is 19.9 Å². The first-order valence-corrected chi connectivity index (χ1v) is 7.93. The molecule has 3 N–H and O–H groups in total. The molecule has 1 aromatic rings. The lowest BCUT2D eigenvalue weighted by molar-refractivity contribution is 0.144. The van der Waals surface area contributed by atoms with E-state index in [9.17, 15) is 8.42 Å². The Kier molecular flexibility index (Phi) is 6.44. The van der Waals surface area contributed by atoms with E-state index < -0.39 is 10.0 Å². The lowest BCUT2D eigenvalue weighted by atomic mass is 10.1. The summed E-state index contributed by atoms with van der Waals surface area (Å²) in [6.45, 7) is 6.23. The lowest BCUT2D eigenvalue weighted by Gasteiger charge is -2.15. The minimum atomic E-state index is -3.64. The van der Waals surface area contributed by atoms with Gasteiger partial charge in [-0.3, -0.25) is 0 Å². The van der Waals surface area contributed by atoms with Crippen molar-refractivity contribution in [3.63, 3.8) is 0 Å². The molecule has 0 amide bonds. The number of hydrogen-bond donors (Lipinski definition) is 2. The molecule has 0 aliphatic rings. The van der Waals surface area contributed by atoms with Crippen molar-refractivity contribution < 1.29 is 13.2 Å². The van der Waals surface area contributed by atoms with E-state index in [2.05, 4.69) is 5.32 Å². The van der Waals surface area contributed by atoms with Crippen LogP contribution in [0.25, 0.3) is 0 Å². The fourth-order valence-corrected chi connectivity index (χ4v) is 2.28. The molecule has 1 rings (SSSR count). The van der Waals surface area contributed by atoms with Crippen LogP contribution in [0, 0.1) is 0 Å². The standard InChI is InChI=1S/C13H22N2O3S/c1-3-18-9-5-8-15-11(2)12-6-4-7-13(10-12)19(14,16)17/h4,6-7,10-11,15H,3,5,8-9H2,1-2H3,(H2,14,16,17). The third-order valence-corrected chi connectivity index (χ3v) is 3.72. The van der Waals surface area contributed by atoms with Gasteiger partial charge in [0, 0.05) is 19.3 Å². The molecule has 1 aromatic carbocycles. The number of hydrogen-bond acceptors (Lipinski definition) is 4. The topological polar surface area (TPSA) is 81.4 Å². The van der Waals surface area contributed by atoms with E-state index in [0.717, 1.165) is 31.7 Å². The van der Waals surface area contributed by atoms with Gasteiger partial charge in [0.25, 0.3) is 0 Å². The molecule has 0 fully saturated rings. The smallest absolute Gasteiger partial charge is 0.238 e. The van der Waals surface area contributed by atoms with Crippen molar-refractivity contribution in [1.29, 1.82) is 0 Å². The zero-order valence-corrected chi connectivity index (χ0v) is 12.2. The number of nitrogens with two attached hydrogens (primary N) is 1. The van der Waals surface area contributed by atoms with Gasteiger partial charge in [-0.25, -0.2) is 13.6 Å². The van der Waals surface area contributed by atoms with Crippen molar-refractivity contribution in [2.24, 2.45) is 5.14 Å². The second kappa shape index (κ2) is 7.59. The Hall–Kier alpha value is -0.950. The van der Waals surface area contributed by atoms with Crippen LogP contribution in [0.15, 0.2) is 29.2 Å². The summed E-state index contributed by atoms with van der Waals surface area (Å²) in [5.41, 5.74) is 0.905. The normalized spacial score (nSPS) is 13.4. The van der Waals surface area contributed by atoms with Gasteiger partial charge in [0.1, 0.15) is 0 Å². The fraction of sp³-hybridized carbons (Fsp3) is 0.538. The van der Waals surface area contributed by atoms with Gasteiger partial charge in [-0.15, -0.1) is 0 Å². The third kappa shape index (κ3) is 5.69. The second-order valence-electron chi connectivity index (χ2n) is 4.34. The number of ether oxygens (including phenoxy) is 1. The summed E-state index contributed by atoms with van der Waals surface area (Å²) in [4.78, 5) is 0.146. The molecule has 0 saturated carbocycles. The molecule has 6 heteroatoms. The predicted molar refractivity (Wildman–Crippen MR) is 75.3 cm³/mol. The number of nitrogens with one attached hydrogen (secondary N) is 1. The van der Waals surface area contributed by atoms with Crippen LogP contribution in [-0.4, -0.2) is 28.2 Å². The molecule has 0 spiro atoms. The van der Waals surface area contributed by atoms with E-state index in [1.165, 1.54) is 6.07 Å². The van der Waals surface area contributed by atoms with Gasteiger partial charge in [-0.1, -0.05) is 12.1 Å². The molecule has 1 atom stereocenters. The first-order chi connectivity index (χ1) is 8.95. The molecule has 0 radical (unpaired) electrons. The van der Waals surface area contributed by atoms with Crippen LogP contribution in [0.5, 0.6) is 0 Å². The summed E-state index contributed by atoms with van der Waals surface area (Å²) in [5, 5.41) is 8.44. The second-order valence-corrected chi connectivity index (χ2v) is 5.91. The Bertz CT molecular complexity index is 488. The molecular formula is C13H22N2O3S. The Morgan fingerprint density at radius 3 is 2.79 bits per heavy atom. The molecule has 0 bridgehead atoms. The summed E-state index contributed by atoms with van der Waals surface area (Å²) in [6.07, 6.45) is 0.924. The SMILES string of the molecule is CCOCCCNC(C)c1cccc(S(N)(=O)=O)c1. The van der Waals surface area contributed by atoms with Gasteiger partial charge >= 0.3 is 0 Å². The van der Waals surface area contributed by atoms with Gasteiger partial charge in [0.05, 0.1) is 4.90 Å². The van der Waals surface area contributed by atoms with E-state index in [-0.39, 0.29) is 10.9 Å². The molecule has 1 unspecified atom stereocenters. The Labute approximate surface area is 115 Å². The minimum absolute atomic E-state index is 0.0725. The molecule has 0 aliphatic carbocycles. The van der Waals surface area contributed by atoms with Crippen LogP contribution in [0.4, 0.5) is 0 Å². The summed E-state index contributed by atoms with van der Waals surface area (Å²) in [5.74, 6) is 0. The summed E-state index contributed by atoms with van der Waals surface area (Å²) in [6, 6.07) is 6.77. The molecule has 0 aliphatic heterocycles. The van der Waals surface area contributed by atoms with E-state index in [4.69, 9.17) is 9.88 Å². The average Bonchev–Trinajstić information content (AvgIpc) is 2.37. The summed E-state index contributed by atoms with van der Waals surface area (Å²) in [7, 11) is -3.64. The highest BCUT2D eigenvalue weighted by Crippen LogP contribution is 2.16. The number of primary sulfonamides is 1. The van der Waals surface area contributed by atoms with Crippen molar-refractivity contribution in [2.75, 3.05) is 19.8 Å². The maximum atomic E-state index is 11.3. The average molecular weight is 286 g/mol. The van der Waals surface area contributed by atoms with Crippen molar-refractivity contribution in [3.8, 4) is 0 Å². The fourth-order valence-electron chi connectivity index (χ4n) is 1.72. The molecule has 0 aromatic heterocycles. The first kappa shape index (κ1) is 16.1. The molecule has 0 heterocycles. The van der Waals surface area contributed by atoms with E-state index >= 15 is 0 Å². The highest BCUT2D eigenvalue weighted by atomic mass is 32.2. The van der Waals surface area contributed by atoms with Crippen LogP contribution < -0.4 is 10.5 Å². The van der Waals surface area contributed by atoms with Crippen LogP contribution in [0.3, 0.4) is 0 Å². The number of sulfonamides is 1. The van der Waals surface area contributed by atoms with E-state index in [0.29, 0.717) is 0 Å². The highest BCUT2D eigenvalue weighted by Gasteiger charge is 2.10. The molecule has 108 valence electrons. The molecular weight excluding hydrogens is 264 g/mol. The zero-order chi connectivity index (χ0) is 14.3. The van der Waals surface area contributed by atoms with Crippen molar-refractivity contribution in [3.05, 3.63) is 29.8 Å². The highest BCUT2D eigenvalue weighted by molar-refractivity contribution is 7.89. The lowest BCUT2D eigenvalue weighted by Crippen LogP contribution is -2.21. The number of rotatable bonds is 8. The Morgan fingerprint density at radius 2 is 2.16 bits per heavy atom. The molecule has 0 saturated heterocycles. The zero-order valence-electron chi connectivity index (χ0n) is 11.4. The van der Waals surface area contributed by atoms with Crippen molar-refractivity contribution in [2.45, 2.75) is 31.2 Å². The third-order valence-electron chi connectivity index (χ3n) is 2.81. The maximum absolute atomic E-state index is 11.3. The van der Waals surface area contributed by atoms with Crippen molar-refractivity contribution in [1.82, 2.24) is 5.32 Å². The Morgan fingerprint density at radius 1 is 1.42 bits per heavy atom. The first-order valence-electron chi connectivity index (χ1n) is 6.39. The van der Waals surface area contributed by atoms with Crippen LogP contribution in [0.2, 0.25) is 0 Å². The van der Waals surface area contributed by atoms with Gasteiger partial charge in [0.2, 0.25) is 10.0 Å². The van der Waals surface area contributed by atoms with Gasteiger partial charge in [-0.05, 0) is 44.5 Å². The number of benzene rings is 1. The van der Waals surface area contributed by atoms with Gasteiger partial charge < -0.3 is 10.1 Å². The van der Waals surface area contributed by atoms with Crippen LogP contribution >= 0.6 is 0 Å². The summed E-state index contributed by atoms with van der Waals surface area (Å²) < 4.78 is 27.8. The quantitative estimate of drug-likeness (QED) is 0.708. The largest absolute Gasteiger partial charge is 0.382 e. The van der Waals surface area contributed by atoms with Crippen molar-refractivity contribution >= 4 is 10.0 Å². The van der Waals surface area contributed by atoms with Crippen LogP contribution in [-0.2, 0) is 14.8 Å². The molecule has 5 nitrogen and oxygen atoms in total. The van der Waals surface area contributed by atoms with Gasteiger partial charge in [0.15, 0.2) is 0 Å². The minimum Gasteiger partial charge on any atom is -0.382 e. The van der Waals surface area contributed by atoms with E-state index in [1.54, 1.807) is 12.1 Å². The summed E-state index contributed by atoms with van der Waals surface area (Å²) >= 11 is 0.